The van der Waals surface area contributed by atoms with Crippen molar-refractivity contribution in [3.05, 3.63) is 58.7 Å². The lowest BCUT2D eigenvalue weighted by Gasteiger charge is -2.43. The van der Waals surface area contributed by atoms with Crippen LogP contribution >= 0.6 is 0 Å². The van der Waals surface area contributed by atoms with Gasteiger partial charge in [0.25, 0.3) is 0 Å². The number of fused-ring (bicyclic) bond motifs is 4. The summed E-state index contributed by atoms with van der Waals surface area (Å²) in [6, 6.07) is 3.65. The van der Waals surface area contributed by atoms with Crippen molar-refractivity contribution in [2.75, 3.05) is 13.7 Å². The molecule has 0 radical (unpaired) electrons. The third kappa shape index (κ3) is 6.80. The predicted octanol–water partition coefficient (Wildman–Crippen LogP) is 1.34. The Kier molecular flexibility index (Phi) is 9.92. The van der Waals surface area contributed by atoms with Crippen LogP contribution in [-0.2, 0) is 28.4 Å². The van der Waals surface area contributed by atoms with Crippen LogP contribution in [0.1, 0.15) is 41.4 Å². The lowest BCUT2D eigenvalue weighted by Crippen LogP contribution is -2.63. The molecule has 22 heteroatoms. The molecule has 1 saturated heterocycles. The fraction of sp³-hybridized carbons (Fsp3) is 0.200. The van der Waals surface area contributed by atoms with E-state index in [0.717, 1.165) is 7.11 Å². The van der Waals surface area contributed by atoms with Gasteiger partial charge < -0.3 is 89.7 Å². The van der Waals surface area contributed by atoms with E-state index in [1.165, 1.54) is 0 Å². The molecule has 12 N–H and O–H groups in total. The Morgan fingerprint density at radius 2 is 0.965 bits per heavy atom. The van der Waals surface area contributed by atoms with Crippen LogP contribution in [0.15, 0.2) is 36.4 Å². The van der Waals surface area contributed by atoms with Crippen molar-refractivity contribution in [3.63, 3.8) is 0 Å². The van der Waals surface area contributed by atoms with Crippen LogP contribution in [0.25, 0.3) is 11.1 Å². The summed E-state index contributed by atoms with van der Waals surface area (Å²) in [6.07, 6.45) is -10.1. The predicted molar refractivity (Wildman–Crippen MR) is 178 cm³/mol. The van der Waals surface area contributed by atoms with Gasteiger partial charge in [-0.15, -0.1) is 0 Å². The van der Waals surface area contributed by atoms with Crippen molar-refractivity contribution in [3.8, 4) is 80.1 Å². The van der Waals surface area contributed by atoms with Crippen LogP contribution in [0.3, 0.4) is 0 Å². The van der Waals surface area contributed by atoms with Crippen molar-refractivity contribution < 1.29 is 109 Å². The van der Waals surface area contributed by atoms with Crippen molar-refractivity contribution in [2.45, 2.75) is 30.7 Å². The van der Waals surface area contributed by atoms with Crippen LogP contribution in [-0.4, -0.2) is 130 Å². The molecule has 0 aliphatic carbocycles. The van der Waals surface area contributed by atoms with Crippen LogP contribution in [0.5, 0.6) is 69.0 Å². The number of cyclic esters (lactones) is 1. The molecule has 2 aliphatic rings. The normalized spacial score (nSPS) is 20.4. The summed E-state index contributed by atoms with van der Waals surface area (Å²) in [5.41, 5.74) is -5.05. The summed E-state index contributed by atoms with van der Waals surface area (Å²) in [6.45, 7) is -1.01. The molecule has 0 bridgehead atoms. The first-order valence-corrected chi connectivity index (χ1v) is 15.9. The molecule has 0 amide bonds. The second kappa shape index (κ2) is 14.5. The SMILES string of the molecule is CO[C@H]1O[C@@H]2COC(=O)c3cc(O)c(O)c(O)c3-c3c(cc(O)c(O)c3O)C(=O)O[C@H]2[C@H](OC(=O)c2cc(O)c(O)c(O)c2)[C@H]1OC(=O)c1cc(O)c(O)c(O)c1. The van der Waals surface area contributed by atoms with Crippen LogP contribution < -0.4 is 0 Å². The van der Waals surface area contributed by atoms with Gasteiger partial charge in [0.15, 0.2) is 82.1 Å². The maximum atomic E-state index is 14.1. The Balaban J connectivity index is 1.53. The van der Waals surface area contributed by atoms with Crippen LogP contribution in [0.4, 0.5) is 0 Å². The Bertz CT molecular complexity index is 2310. The number of aromatic hydroxyl groups is 12. The van der Waals surface area contributed by atoms with Crippen LogP contribution in [0, 0.1) is 0 Å². The number of benzene rings is 4. The molecule has 2 heterocycles. The molecule has 22 nitrogen and oxygen atoms in total. The number of hydrogen-bond acceptors (Lipinski definition) is 22. The van der Waals surface area contributed by atoms with Gasteiger partial charge in [0.2, 0.25) is 11.5 Å². The summed E-state index contributed by atoms with van der Waals surface area (Å²) in [7, 11) is 0.991. The number of esters is 4. The zero-order chi connectivity index (χ0) is 41.8. The van der Waals surface area contributed by atoms with Crippen molar-refractivity contribution in [1.29, 1.82) is 0 Å². The van der Waals surface area contributed by atoms with E-state index in [2.05, 4.69) is 0 Å². The van der Waals surface area contributed by atoms with Gasteiger partial charge in [-0.2, -0.15) is 0 Å². The second-order valence-electron chi connectivity index (χ2n) is 12.2. The highest BCUT2D eigenvalue weighted by Crippen LogP contribution is 2.53. The van der Waals surface area contributed by atoms with Gasteiger partial charge in [-0.3, -0.25) is 0 Å². The maximum Gasteiger partial charge on any atom is 0.339 e. The third-order valence-electron chi connectivity index (χ3n) is 8.74. The van der Waals surface area contributed by atoms with Crippen molar-refractivity contribution in [2.24, 2.45) is 0 Å². The van der Waals surface area contributed by atoms with Gasteiger partial charge in [0.1, 0.15) is 12.7 Å². The highest BCUT2D eigenvalue weighted by atomic mass is 16.7. The van der Waals surface area contributed by atoms with E-state index in [1.54, 1.807) is 0 Å². The number of carbonyl (C=O) groups is 4. The number of hydrogen-bond donors (Lipinski definition) is 12. The first-order chi connectivity index (χ1) is 26.8. The number of phenolic OH excluding ortho intramolecular Hbond substituents is 12. The average Bonchev–Trinajstić information content (AvgIpc) is 3.18. The number of carbonyl (C=O) groups excluding carboxylic acids is 4. The first-order valence-electron chi connectivity index (χ1n) is 15.9. The summed E-state index contributed by atoms with van der Waals surface area (Å²) in [4.78, 5) is 54.8. The molecule has 2 aliphatic heterocycles. The Labute approximate surface area is 315 Å². The molecule has 300 valence electrons. The average molecular weight is 801 g/mol. The zero-order valence-electron chi connectivity index (χ0n) is 28.5. The minimum atomic E-state index is -2.18. The summed E-state index contributed by atoms with van der Waals surface area (Å²) in [5, 5.41) is 123. The van der Waals surface area contributed by atoms with E-state index in [9.17, 15) is 80.5 Å². The molecule has 5 atom stereocenters. The maximum absolute atomic E-state index is 14.1. The number of ether oxygens (including phenoxy) is 6. The van der Waals surface area contributed by atoms with E-state index in [0.29, 0.717) is 36.4 Å². The smallest absolute Gasteiger partial charge is 0.339 e. The third-order valence-corrected chi connectivity index (χ3v) is 8.74. The highest BCUT2D eigenvalue weighted by Gasteiger charge is 2.54. The quantitative estimate of drug-likeness (QED) is 0.0769. The Hall–Kier alpha value is -7.72. The molecule has 57 heavy (non-hydrogen) atoms. The second-order valence-corrected chi connectivity index (χ2v) is 12.2. The lowest BCUT2D eigenvalue weighted by atomic mass is 9.92. The topological polar surface area (TPSA) is 366 Å². The van der Waals surface area contributed by atoms with Gasteiger partial charge >= 0.3 is 23.9 Å². The van der Waals surface area contributed by atoms with Gasteiger partial charge in [-0.05, 0) is 36.4 Å². The molecule has 0 aromatic heterocycles. The summed E-state index contributed by atoms with van der Waals surface area (Å²) < 4.78 is 33.3. The minimum absolute atomic E-state index is 0.490. The summed E-state index contributed by atoms with van der Waals surface area (Å²) >= 11 is 0. The van der Waals surface area contributed by atoms with E-state index < -0.39 is 164 Å². The zero-order valence-corrected chi connectivity index (χ0v) is 28.5. The Morgan fingerprint density at radius 1 is 0.561 bits per heavy atom. The van der Waals surface area contributed by atoms with Crippen molar-refractivity contribution in [1.82, 2.24) is 0 Å². The molecular formula is C35H28O22. The summed E-state index contributed by atoms with van der Waals surface area (Å²) in [5.74, 6) is -19.7. The fourth-order valence-corrected chi connectivity index (χ4v) is 5.97. The van der Waals surface area contributed by atoms with Gasteiger partial charge in [0, 0.05) is 18.2 Å². The standard InChI is InChI=1S/C35H28O22/c1-52-35-30(57-32(49)10-4-15(38)23(43)16(39)5-10)29(56-31(48)9-2-13(36)22(42)14(37)3-9)28-19(54-35)8-53-33(50)11-6-17(40)24(44)26(46)20(11)21-12(34(51)55-28)7-18(41)25(45)27(21)47/h2-7,19,28-30,35-47H,8H2,1H3/t19-,28-,29+,30-,35+/m1/s1. The number of phenols is 12. The van der Waals surface area contributed by atoms with E-state index in [-0.39, 0.29) is 0 Å². The minimum Gasteiger partial charge on any atom is -0.504 e. The van der Waals surface area contributed by atoms with Gasteiger partial charge in [-0.25, -0.2) is 19.2 Å². The van der Waals surface area contributed by atoms with Gasteiger partial charge in [0.05, 0.1) is 22.3 Å². The van der Waals surface area contributed by atoms with Crippen molar-refractivity contribution >= 4 is 23.9 Å². The highest BCUT2D eigenvalue weighted by molar-refractivity contribution is 6.08. The van der Waals surface area contributed by atoms with E-state index in [1.807, 2.05) is 0 Å². The molecule has 0 unspecified atom stereocenters. The molecule has 0 saturated carbocycles. The molecule has 6 rings (SSSR count). The monoisotopic (exact) mass is 800 g/mol. The molecular weight excluding hydrogens is 772 g/mol. The van der Waals surface area contributed by atoms with E-state index in [4.69, 9.17) is 28.4 Å². The number of rotatable bonds is 5. The van der Waals surface area contributed by atoms with Crippen LogP contribution in [0.2, 0.25) is 0 Å². The number of methoxy groups -OCH3 is 1. The molecule has 1 fully saturated rings. The molecule has 4 aromatic carbocycles. The molecule has 4 aromatic rings. The molecule has 0 spiro atoms. The van der Waals surface area contributed by atoms with E-state index >= 15 is 0 Å². The first kappa shape index (κ1) is 39.0. The fourth-order valence-electron chi connectivity index (χ4n) is 5.97. The Morgan fingerprint density at radius 3 is 1.40 bits per heavy atom. The lowest BCUT2D eigenvalue weighted by molar-refractivity contribution is -0.291. The largest absolute Gasteiger partial charge is 0.504 e. The van der Waals surface area contributed by atoms with Gasteiger partial charge in [-0.1, -0.05) is 0 Å².